The molecule has 0 unspecified atom stereocenters. The van der Waals surface area contributed by atoms with E-state index in [0.29, 0.717) is 12.0 Å². The molecule has 19 heavy (non-hydrogen) atoms. The number of amides is 1. The van der Waals surface area contributed by atoms with Gasteiger partial charge in [0, 0.05) is 28.7 Å². The van der Waals surface area contributed by atoms with Crippen LogP contribution in [0.4, 0.5) is 0 Å². The van der Waals surface area contributed by atoms with Gasteiger partial charge in [-0.1, -0.05) is 0 Å². The quantitative estimate of drug-likeness (QED) is 0.863. The number of aromatic amines is 1. The average Bonchev–Trinajstić information content (AvgIpc) is 2.94. The molecule has 2 aromatic rings. The Balaban J connectivity index is 1.76. The van der Waals surface area contributed by atoms with Gasteiger partial charge in [-0.3, -0.25) is 4.79 Å². The van der Waals surface area contributed by atoms with Crippen LogP contribution in [-0.2, 0) is 9.84 Å². The van der Waals surface area contributed by atoms with Crippen molar-refractivity contribution in [2.75, 3.05) is 11.5 Å². The Hall–Kier alpha value is -1.82. The lowest BCUT2D eigenvalue weighted by Gasteiger charge is -2.10. The summed E-state index contributed by atoms with van der Waals surface area (Å²) in [6.07, 6.45) is 2.32. The minimum Gasteiger partial charge on any atom is -0.361 e. The maximum Gasteiger partial charge on any atom is 0.251 e. The molecule has 1 fully saturated rings. The zero-order valence-corrected chi connectivity index (χ0v) is 11.0. The van der Waals surface area contributed by atoms with Crippen LogP contribution in [0.15, 0.2) is 30.5 Å². The van der Waals surface area contributed by atoms with E-state index in [0.717, 1.165) is 10.9 Å². The number of rotatable bonds is 2. The number of hydrogen-bond donors (Lipinski definition) is 2. The summed E-state index contributed by atoms with van der Waals surface area (Å²) in [4.78, 5) is 15.1. The Labute approximate surface area is 110 Å². The number of sulfone groups is 1. The minimum atomic E-state index is -2.97. The third-order valence-electron chi connectivity index (χ3n) is 3.38. The van der Waals surface area contributed by atoms with E-state index in [4.69, 9.17) is 0 Å². The fourth-order valence-electron chi connectivity index (χ4n) is 2.37. The average molecular weight is 278 g/mol. The molecule has 2 N–H and O–H groups in total. The molecule has 2 heterocycles. The smallest absolute Gasteiger partial charge is 0.251 e. The predicted molar refractivity (Wildman–Crippen MR) is 72.8 cm³/mol. The highest BCUT2D eigenvalue weighted by Crippen LogP contribution is 2.16. The fraction of sp³-hybridized carbons (Fsp3) is 0.308. The summed E-state index contributed by atoms with van der Waals surface area (Å²) in [6, 6.07) is 7.00. The van der Waals surface area contributed by atoms with E-state index < -0.39 is 9.84 Å². The van der Waals surface area contributed by atoms with Crippen molar-refractivity contribution in [3.05, 3.63) is 36.0 Å². The number of aromatic nitrogens is 1. The van der Waals surface area contributed by atoms with Crippen LogP contribution in [0.25, 0.3) is 10.9 Å². The van der Waals surface area contributed by atoms with E-state index in [9.17, 15) is 13.2 Å². The number of fused-ring (bicyclic) bond motifs is 1. The number of nitrogens with one attached hydrogen (secondary N) is 2. The monoisotopic (exact) mass is 278 g/mol. The second kappa shape index (κ2) is 4.38. The molecule has 0 spiro atoms. The summed E-state index contributed by atoms with van der Waals surface area (Å²) in [5.74, 6) is -0.00914. The van der Waals surface area contributed by atoms with Crippen LogP contribution in [0.5, 0.6) is 0 Å². The Kier molecular flexibility index (Phi) is 2.82. The zero-order valence-electron chi connectivity index (χ0n) is 10.2. The van der Waals surface area contributed by atoms with Crippen LogP contribution in [-0.4, -0.2) is 36.9 Å². The topological polar surface area (TPSA) is 79.0 Å². The van der Waals surface area contributed by atoms with Crippen molar-refractivity contribution < 1.29 is 13.2 Å². The van der Waals surface area contributed by atoms with Crippen molar-refractivity contribution in [2.24, 2.45) is 0 Å². The largest absolute Gasteiger partial charge is 0.361 e. The SMILES string of the molecule is O=C(N[C@H]1CCS(=O)(=O)C1)c1ccc2[nH]ccc2c1. The molecule has 0 saturated carbocycles. The molecule has 1 atom stereocenters. The lowest BCUT2D eigenvalue weighted by atomic mass is 10.1. The molecule has 100 valence electrons. The van der Waals surface area contributed by atoms with Gasteiger partial charge in [-0.25, -0.2) is 8.42 Å². The standard InChI is InChI=1S/C13H14N2O3S/c16-13(15-11-4-6-19(17,18)8-11)10-1-2-12-9(7-10)3-5-14-12/h1-3,5,7,11,14H,4,6,8H2,(H,15,16)/t11-/m0/s1. The fourth-order valence-corrected chi connectivity index (χ4v) is 4.05. The van der Waals surface area contributed by atoms with Crippen LogP contribution in [0.2, 0.25) is 0 Å². The predicted octanol–water partition coefficient (Wildman–Crippen LogP) is 1.08. The van der Waals surface area contributed by atoms with Gasteiger partial charge in [-0.2, -0.15) is 0 Å². The molecule has 0 radical (unpaired) electrons. The maximum absolute atomic E-state index is 12.1. The van der Waals surface area contributed by atoms with E-state index >= 15 is 0 Å². The van der Waals surface area contributed by atoms with Crippen molar-refractivity contribution in [1.82, 2.24) is 10.3 Å². The molecule has 1 amide bonds. The highest BCUT2D eigenvalue weighted by Gasteiger charge is 2.29. The summed E-state index contributed by atoms with van der Waals surface area (Å²) in [5, 5.41) is 3.74. The molecule has 0 aliphatic carbocycles. The van der Waals surface area contributed by atoms with Gasteiger partial charge in [0.15, 0.2) is 9.84 Å². The molecule has 5 nitrogen and oxygen atoms in total. The van der Waals surface area contributed by atoms with E-state index in [1.54, 1.807) is 12.1 Å². The summed E-state index contributed by atoms with van der Waals surface area (Å²) < 4.78 is 22.7. The molecule has 1 aliphatic heterocycles. The van der Waals surface area contributed by atoms with Gasteiger partial charge in [0.1, 0.15) is 0 Å². The van der Waals surface area contributed by atoms with Gasteiger partial charge >= 0.3 is 0 Å². The zero-order chi connectivity index (χ0) is 13.5. The Morgan fingerprint density at radius 1 is 1.32 bits per heavy atom. The van der Waals surface area contributed by atoms with E-state index in [1.807, 2.05) is 18.3 Å². The van der Waals surface area contributed by atoms with Gasteiger partial charge < -0.3 is 10.3 Å². The number of hydrogen-bond acceptors (Lipinski definition) is 3. The summed E-state index contributed by atoms with van der Waals surface area (Å²) in [5.41, 5.74) is 1.52. The van der Waals surface area contributed by atoms with Gasteiger partial charge in [-0.15, -0.1) is 0 Å². The minimum absolute atomic E-state index is 0.0468. The molecular formula is C13H14N2O3S. The molecule has 1 aromatic heterocycles. The third-order valence-corrected chi connectivity index (χ3v) is 5.15. The van der Waals surface area contributed by atoms with Crippen LogP contribution in [0.1, 0.15) is 16.8 Å². The maximum atomic E-state index is 12.1. The summed E-state index contributed by atoms with van der Waals surface area (Å²) in [7, 11) is -2.97. The Morgan fingerprint density at radius 2 is 2.16 bits per heavy atom. The summed E-state index contributed by atoms with van der Waals surface area (Å²) in [6.45, 7) is 0. The van der Waals surface area contributed by atoms with Gasteiger partial charge in [-0.05, 0) is 30.7 Å². The number of carbonyl (C=O) groups is 1. The first-order valence-electron chi connectivity index (χ1n) is 6.12. The molecule has 1 saturated heterocycles. The second-order valence-electron chi connectivity index (χ2n) is 4.85. The lowest BCUT2D eigenvalue weighted by Crippen LogP contribution is -2.35. The molecule has 1 aromatic carbocycles. The van der Waals surface area contributed by atoms with E-state index in [2.05, 4.69) is 10.3 Å². The molecule has 0 bridgehead atoms. The Morgan fingerprint density at radius 3 is 2.89 bits per heavy atom. The van der Waals surface area contributed by atoms with Crippen molar-refractivity contribution >= 4 is 26.6 Å². The normalized spacial score (nSPS) is 21.6. The number of carbonyl (C=O) groups excluding carboxylic acids is 1. The highest BCUT2D eigenvalue weighted by molar-refractivity contribution is 7.91. The first-order chi connectivity index (χ1) is 9.03. The Bertz CT molecular complexity index is 733. The molecule has 1 aliphatic rings. The van der Waals surface area contributed by atoms with Crippen LogP contribution in [0, 0.1) is 0 Å². The van der Waals surface area contributed by atoms with Crippen LogP contribution in [0.3, 0.4) is 0 Å². The van der Waals surface area contributed by atoms with Crippen LogP contribution < -0.4 is 5.32 Å². The molecule has 3 rings (SSSR count). The summed E-state index contributed by atoms with van der Waals surface area (Å²) >= 11 is 0. The first kappa shape index (κ1) is 12.2. The second-order valence-corrected chi connectivity index (χ2v) is 7.08. The highest BCUT2D eigenvalue weighted by atomic mass is 32.2. The molecular weight excluding hydrogens is 264 g/mol. The lowest BCUT2D eigenvalue weighted by molar-refractivity contribution is 0.0941. The van der Waals surface area contributed by atoms with Gasteiger partial charge in [0.25, 0.3) is 5.91 Å². The van der Waals surface area contributed by atoms with Crippen molar-refractivity contribution in [3.8, 4) is 0 Å². The number of benzene rings is 1. The van der Waals surface area contributed by atoms with Crippen molar-refractivity contribution in [3.63, 3.8) is 0 Å². The van der Waals surface area contributed by atoms with E-state index in [1.165, 1.54) is 0 Å². The first-order valence-corrected chi connectivity index (χ1v) is 7.94. The van der Waals surface area contributed by atoms with Crippen molar-refractivity contribution in [2.45, 2.75) is 12.5 Å². The van der Waals surface area contributed by atoms with Crippen molar-refractivity contribution in [1.29, 1.82) is 0 Å². The van der Waals surface area contributed by atoms with E-state index in [-0.39, 0.29) is 23.5 Å². The van der Waals surface area contributed by atoms with Gasteiger partial charge in [0.05, 0.1) is 11.5 Å². The number of H-pyrrole nitrogens is 1. The van der Waals surface area contributed by atoms with Gasteiger partial charge in [0.2, 0.25) is 0 Å². The third kappa shape index (κ3) is 2.49. The molecule has 6 heteroatoms. The van der Waals surface area contributed by atoms with Crippen LogP contribution >= 0.6 is 0 Å².